The third-order valence-electron chi connectivity index (χ3n) is 9.58. The van der Waals surface area contributed by atoms with Gasteiger partial charge in [-0.2, -0.15) is 0 Å². The van der Waals surface area contributed by atoms with Gasteiger partial charge in [-0.05, 0) is 40.0 Å². The number of nitrogens with one attached hydrogen (secondary N) is 1. The summed E-state index contributed by atoms with van der Waals surface area (Å²) in [5, 5.41) is 13.4. The largest absolute Gasteiger partial charge is 0.448 e. The maximum Gasteiger partial charge on any atom is 0.409 e. The average molecular weight is 619 g/mol. The summed E-state index contributed by atoms with van der Waals surface area (Å²) in [4.78, 5) is 54.9. The summed E-state index contributed by atoms with van der Waals surface area (Å²) in [6.45, 7) is 7.14. The topological polar surface area (TPSA) is 119 Å². The summed E-state index contributed by atoms with van der Waals surface area (Å²) in [5.74, 6) is -0.837. The summed E-state index contributed by atoms with van der Waals surface area (Å²) in [7, 11) is 0. The van der Waals surface area contributed by atoms with Crippen LogP contribution in [0.2, 0.25) is 0 Å². The van der Waals surface area contributed by atoms with Crippen molar-refractivity contribution in [3.63, 3.8) is 0 Å². The molecular weight excluding hydrogens is 572 g/mol. The summed E-state index contributed by atoms with van der Waals surface area (Å²) >= 11 is 0. The first-order chi connectivity index (χ1) is 21.6. The summed E-state index contributed by atoms with van der Waals surface area (Å²) < 4.78 is 5.83. The Morgan fingerprint density at radius 1 is 0.956 bits per heavy atom. The van der Waals surface area contributed by atoms with Gasteiger partial charge in [-0.1, -0.05) is 95.0 Å². The Hall–Kier alpha value is -3.92. The number of piperazine rings is 1. The van der Waals surface area contributed by atoms with Gasteiger partial charge in [-0.3, -0.25) is 19.6 Å². The van der Waals surface area contributed by atoms with E-state index in [4.69, 9.17) is 4.74 Å². The summed E-state index contributed by atoms with van der Waals surface area (Å²) in [6.07, 6.45) is 4.72. The van der Waals surface area contributed by atoms with Crippen molar-refractivity contribution < 1.29 is 29.1 Å². The van der Waals surface area contributed by atoms with Gasteiger partial charge in [0.1, 0.15) is 12.6 Å². The minimum atomic E-state index is -0.805. The van der Waals surface area contributed by atoms with Gasteiger partial charge in [0.25, 0.3) is 0 Å². The molecule has 1 saturated carbocycles. The highest BCUT2D eigenvalue weighted by molar-refractivity contribution is 5.89. The second-order valence-electron chi connectivity index (χ2n) is 13.7. The molecule has 242 valence electrons. The molecule has 5 rings (SSSR count). The molecule has 2 aromatic rings. The zero-order valence-electron chi connectivity index (χ0n) is 26.6. The first-order valence-electron chi connectivity index (χ1n) is 16.2. The molecule has 2 aromatic carbocycles. The van der Waals surface area contributed by atoms with Crippen LogP contribution in [0.3, 0.4) is 0 Å². The van der Waals surface area contributed by atoms with Crippen LogP contribution in [0, 0.1) is 17.3 Å². The van der Waals surface area contributed by atoms with Gasteiger partial charge in [-0.25, -0.2) is 9.86 Å². The van der Waals surface area contributed by atoms with Crippen molar-refractivity contribution in [1.82, 2.24) is 20.2 Å². The highest BCUT2D eigenvalue weighted by Crippen LogP contribution is 2.44. The fourth-order valence-electron chi connectivity index (χ4n) is 7.07. The van der Waals surface area contributed by atoms with Crippen molar-refractivity contribution in [2.75, 3.05) is 39.3 Å². The van der Waals surface area contributed by atoms with Gasteiger partial charge in [-0.15, -0.1) is 0 Å². The second-order valence-corrected chi connectivity index (χ2v) is 13.7. The number of rotatable bonds is 10. The number of benzene rings is 2. The molecule has 1 aliphatic heterocycles. The quantitative estimate of drug-likeness (QED) is 0.227. The molecule has 3 aliphatic rings. The van der Waals surface area contributed by atoms with Crippen LogP contribution in [0.4, 0.5) is 4.79 Å². The molecule has 2 fully saturated rings. The number of hydrogen-bond acceptors (Lipinski definition) is 6. The molecule has 1 saturated heterocycles. The van der Waals surface area contributed by atoms with E-state index in [1.165, 1.54) is 11.1 Å². The highest BCUT2D eigenvalue weighted by Gasteiger charge is 2.39. The molecular formula is C35H46N4O6. The maximum absolute atomic E-state index is 13.8. The van der Waals surface area contributed by atoms with Crippen molar-refractivity contribution in [3.05, 3.63) is 59.7 Å². The van der Waals surface area contributed by atoms with E-state index in [0.717, 1.165) is 36.8 Å². The van der Waals surface area contributed by atoms with Crippen molar-refractivity contribution >= 4 is 24.3 Å². The second kappa shape index (κ2) is 14.0. The van der Waals surface area contributed by atoms with E-state index in [0.29, 0.717) is 50.0 Å². The minimum Gasteiger partial charge on any atom is -0.448 e. The van der Waals surface area contributed by atoms with E-state index in [9.17, 15) is 24.4 Å². The zero-order valence-corrected chi connectivity index (χ0v) is 26.6. The van der Waals surface area contributed by atoms with Crippen molar-refractivity contribution in [2.24, 2.45) is 17.3 Å². The molecule has 10 nitrogen and oxygen atoms in total. The van der Waals surface area contributed by atoms with Crippen molar-refractivity contribution in [2.45, 2.75) is 64.8 Å². The molecule has 10 heteroatoms. The molecule has 45 heavy (non-hydrogen) atoms. The van der Waals surface area contributed by atoms with Crippen LogP contribution in [0.25, 0.3) is 11.1 Å². The molecule has 0 aromatic heterocycles. The zero-order chi connectivity index (χ0) is 32.1. The molecule has 2 atom stereocenters. The maximum atomic E-state index is 13.8. The number of hydroxylamine groups is 2. The molecule has 2 N–H and O–H groups in total. The van der Waals surface area contributed by atoms with E-state index in [2.05, 4.69) is 29.6 Å². The molecule has 0 bridgehead atoms. The third-order valence-corrected chi connectivity index (χ3v) is 9.58. The molecule has 0 radical (unpaired) electrons. The van der Waals surface area contributed by atoms with Gasteiger partial charge in [0.15, 0.2) is 0 Å². The normalized spacial score (nSPS) is 18.1. The number of carbonyl (C=O) groups is 4. The number of amides is 4. The van der Waals surface area contributed by atoms with Gasteiger partial charge < -0.3 is 19.9 Å². The Morgan fingerprint density at radius 3 is 2.07 bits per heavy atom. The van der Waals surface area contributed by atoms with E-state index in [1.54, 1.807) is 9.80 Å². The molecule has 2 aliphatic carbocycles. The predicted molar refractivity (Wildman–Crippen MR) is 169 cm³/mol. The third kappa shape index (κ3) is 7.49. The van der Waals surface area contributed by atoms with Crippen molar-refractivity contribution in [3.8, 4) is 11.1 Å². The van der Waals surface area contributed by atoms with Gasteiger partial charge in [0.05, 0.1) is 12.5 Å². The Labute approximate surface area is 265 Å². The van der Waals surface area contributed by atoms with Crippen LogP contribution in [0.5, 0.6) is 0 Å². The van der Waals surface area contributed by atoms with Crippen molar-refractivity contribution in [1.29, 1.82) is 0 Å². The Kier molecular flexibility index (Phi) is 10.1. The number of nitrogens with zero attached hydrogens (tertiary/aromatic N) is 3. The number of carbonyl (C=O) groups excluding carboxylic acids is 4. The Bertz CT molecular complexity index is 1330. The lowest BCUT2D eigenvalue weighted by atomic mass is 9.84. The summed E-state index contributed by atoms with van der Waals surface area (Å²) in [6, 6.07) is 15.6. The lowest BCUT2D eigenvalue weighted by Gasteiger charge is -2.39. The van der Waals surface area contributed by atoms with Crippen LogP contribution in [0.1, 0.15) is 69.9 Å². The smallest absolute Gasteiger partial charge is 0.409 e. The van der Waals surface area contributed by atoms with Crippen LogP contribution < -0.4 is 5.32 Å². The Morgan fingerprint density at radius 2 is 1.51 bits per heavy atom. The Balaban J connectivity index is 1.17. The molecule has 4 amide bonds. The predicted octanol–water partition coefficient (Wildman–Crippen LogP) is 4.65. The monoisotopic (exact) mass is 618 g/mol. The lowest BCUT2D eigenvalue weighted by molar-refractivity contribution is -0.156. The van der Waals surface area contributed by atoms with Crippen LogP contribution in [0.15, 0.2) is 48.5 Å². The summed E-state index contributed by atoms with van der Waals surface area (Å²) in [5.41, 5.74) is 4.06. The number of fused-ring (bicyclic) bond motifs is 3. The van der Waals surface area contributed by atoms with Gasteiger partial charge in [0, 0.05) is 32.1 Å². The van der Waals surface area contributed by atoms with Gasteiger partial charge in [0.2, 0.25) is 18.2 Å². The lowest BCUT2D eigenvalue weighted by Crippen LogP contribution is -2.60. The molecule has 0 spiro atoms. The first-order valence-corrected chi connectivity index (χ1v) is 16.2. The van der Waals surface area contributed by atoms with E-state index in [1.807, 2.05) is 45.0 Å². The molecule has 0 unspecified atom stereocenters. The van der Waals surface area contributed by atoms with Crippen LogP contribution in [-0.2, 0) is 19.1 Å². The number of hydrogen-bond donors (Lipinski definition) is 2. The van der Waals surface area contributed by atoms with E-state index in [-0.39, 0.29) is 30.9 Å². The average Bonchev–Trinajstić information content (AvgIpc) is 3.67. The minimum absolute atomic E-state index is 0.0256. The highest BCUT2D eigenvalue weighted by atomic mass is 16.6. The molecule has 1 heterocycles. The first kappa shape index (κ1) is 32.5. The fraction of sp³-hybridized carbons (Fsp3) is 0.543. The van der Waals surface area contributed by atoms with Crippen LogP contribution >= 0.6 is 0 Å². The SMILES string of the molecule is CC(C)(C)[C@H](NC(=O)[C@H](CC1CCCC1)CN(O)C=O)C(=O)N1CCN(C(=O)OCC2c3ccccc3-c3ccccc32)CC1. The van der Waals surface area contributed by atoms with E-state index < -0.39 is 23.5 Å². The fourth-order valence-corrected chi connectivity index (χ4v) is 7.07. The number of ether oxygens (including phenoxy) is 1. The van der Waals surface area contributed by atoms with E-state index >= 15 is 0 Å². The van der Waals surface area contributed by atoms with Crippen LogP contribution in [-0.4, -0.2) is 89.8 Å². The van der Waals surface area contributed by atoms with Gasteiger partial charge >= 0.3 is 6.09 Å². The standard InChI is InChI=1S/C35H46N4O6/c1-35(2,3)31(36-32(41)25(21-39(44)23-40)20-24-10-4-5-11-24)33(42)37-16-18-38(19-17-37)34(43)45-22-30-28-14-8-6-12-26(28)27-13-7-9-15-29(27)30/h6-9,12-15,23-25,30-31,44H,4-5,10-11,16-22H2,1-3H3,(H,36,41)/t25-,31-/m1/s1.